The van der Waals surface area contributed by atoms with Crippen LogP contribution in [0.1, 0.15) is 16.8 Å². The van der Waals surface area contributed by atoms with Crippen LogP contribution in [0.5, 0.6) is 0 Å². The standard InChI is InChI=1S/C15H18O3/c1-3-12(10-14(16)4-2)11-18-15(17)13-8-6-5-7-9-13/h3-9,12,14,16H,1-2,10-11H2/t12?,14-/m1/s1. The Balaban J connectivity index is 2.46. The summed E-state index contributed by atoms with van der Waals surface area (Å²) < 4.78 is 5.17. The Kier molecular flexibility index (Phi) is 5.88. The fourth-order valence-corrected chi connectivity index (χ4v) is 1.48. The molecule has 1 rings (SSSR count). The van der Waals surface area contributed by atoms with Crippen molar-refractivity contribution in [2.24, 2.45) is 5.92 Å². The Hall–Kier alpha value is -1.87. The molecule has 1 unspecified atom stereocenters. The number of aliphatic hydroxyl groups is 1. The number of rotatable bonds is 7. The van der Waals surface area contributed by atoms with Gasteiger partial charge in [-0.3, -0.25) is 0 Å². The number of carbonyl (C=O) groups excluding carboxylic acids is 1. The maximum absolute atomic E-state index is 11.7. The molecule has 96 valence electrons. The van der Waals surface area contributed by atoms with Crippen molar-refractivity contribution in [1.29, 1.82) is 0 Å². The van der Waals surface area contributed by atoms with E-state index >= 15 is 0 Å². The summed E-state index contributed by atoms with van der Waals surface area (Å²) in [6.07, 6.45) is 2.97. The van der Waals surface area contributed by atoms with E-state index in [9.17, 15) is 9.90 Å². The fraction of sp³-hybridized carbons (Fsp3) is 0.267. The number of aliphatic hydroxyl groups excluding tert-OH is 1. The van der Waals surface area contributed by atoms with Crippen LogP contribution in [-0.2, 0) is 4.74 Å². The normalized spacial score (nSPS) is 13.4. The molecule has 0 saturated heterocycles. The maximum atomic E-state index is 11.7. The van der Waals surface area contributed by atoms with Crippen molar-refractivity contribution in [1.82, 2.24) is 0 Å². The highest BCUT2D eigenvalue weighted by Gasteiger charge is 2.13. The molecule has 1 N–H and O–H groups in total. The number of hydrogen-bond donors (Lipinski definition) is 1. The Morgan fingerprint density at radius 2 is 1.94 bits per heavy atom. The minimum atomic E-state index is -0.608. The molecule has 0 saturated carbocycles. The first-order chi connectivity index (χ1) is 8.67. The molecule has 0 bridgehead atoms. The van der Waals surface area contributed by atoms with Gasteiger partial charge in [-0.05, 0) is 18.6 Å². The van der Waals surface area contributed by atoms with Crippen molar-refractivity contribution < 1.29 is 14.6 Å². The van der Waals surface area contributed by atoms with E-state index < -0.39 is 6.10 Å². The molecule has 1 aromatic carbocycles. The first-order valence-electron chi connectivity index (χ1n) is 5.82. The van der Waals surface area contributed by atoms with Gasteiger partial charge in [0, 0.05) is 5.92 Å². The molecule has 0 amide bonds. The van der Waals surface area contributed by atoms with Gasteiger partial charge >= 0.3 is 5.97 Å². The van der Waals surface area contributed by atoms with Crippen molar-refractivity contribution in [3.8, 4) is 0 Å². The van der Waals surface area contributed by atoms with E-state index in [1.165, 1.54) is 6.08 Å². The van der Waals surface area contributed by atoms with Crippen molar-refractivity contribution in [2.75, 3.05) is 6.61 Å². The topological polar surface area (TPSA) is 46.5 Å². The van der Waals surface area contributed by atoms with Crippen LogP contribution in [0.25, 0.3) is 0 Å². The molecule has 0 fully saturated rings. The third-order valence-corrected chi connectivity index (χ3v) is 2.59. The smallest absolute Gasteiger partial charge is 0.338 e. The molecule has 0 radical (unpaired) electrons. The fourth-order valence-electron chi connectivity index (χ4n) is 1.48. The van der Waals surface area contributed by atoms with Crippen LogP contribution in [0.2, 0.25) is 0 Å². The predicted octanol–water partition coefficient (Wildman–Crippen LogP) is 2.58. The minimum absolute atomic E-state index is 0.0781. The lowest BCUT2D eigenvalue weighted by atomic mass is 10.0. The highest BCUT2D eigenvalue weighted by molar-refractivity contribution is 5.89. The molecule has 3 nitrogen and oxygen atoms in total. The summed E-state index contributed by atoms with van der Waals surface area (Å²) in [5.74, 6) is -0.443. The van der Waals surface area contributed by atoms with E-state index in [0.717, 1.165) is 0 Å². The van der Waals surface area contributed by atoms with Crippen molar-refractivity contribution in [3.63, 3.8) is 0 Å². The summed E-state index contributed by atoms with van der Waals surface area (Å²) >= 11 is 0. The number of esters is 1. The van der Waals surface area contributed by atoms with Gasteiger partial charge < -0.3 is 9.84 Å². The van der Waals surface area contributed by atoms with E-state index in [1.54, 1.807) is 30.3 Å². The Morgan fingerprint density at radius 3 is 2.50 bits per heavy atom. The van der Waals surface area contributed by atoms with Crippen LogP contribution in [0.4, 0.5) is 0 Å². The number of hydrogen-bond acceptors (Lipinski definition) is 3. The lowest BCUT2D eigenvalue weighted by molar-refractivity contribution is 0.0437. The largest absolute Gasteiger partial charge is 0.461 e. The maximum Gasteiger partial charge on any atom is 0.338 e. The van der Waals surface area contributed by atoms with Crippen molar-refractivity contribution >= 4 is 5.97 Å². The second kappa shape index (κ2) is 7.45. The first-order valence-corrected chi connectivity index (χ1v) is 5.82. The summed E-state index contributed by atoms with van der Waals surface area (Å²) in [6, 6.07) is 8.80. The third-order valence-electron chi connectivity index (χ3n) is 2.59. The van der Waals surface area contributed by atoms with Gasteiger partial charge in [0.2, 0.25) is 0 Å². The zero-order valence-electron chi connectivity index (χ0n) is 10.3. The number of ether oxygens (including phenoxy) is 1. The first kappa shape index (κ1) is 14.2. The summed E-state index contributed by atoms with van der Waals surface area (Å²) in [5, 5.41) is 9.44. The molecule has 0 spiro atoms. The molecule has 0 heterocycles. The highest BCUT2D eigenvalue weighted by Crippen LogP contribution is 2.11. The SMILES string of the molecule is C=CC(COC(=O)c1ccccc1)C[C@H](O)C=C. The van der Waals surface area contributed by atoms with E-state index in [2.05, 4.69) is 13.2 Å². The molecule has 0 aromatic heterocycles. The molecule has 18 heavy (non-hydrogen) atoms. The highest BCUT2D eigenvalue weighted by atomic mass is 16.5. The zero-order valence-corrected chi connectivity index (χ0v) is 10.3. The monoisotopic (exact) mass is 246 g/mol. The van der Waals surface area contributed by atoms with Crippen molar-refractivity contribution in [2.45, 2.75) is 12.5 Å². The van der Waals surface area contributed by atoms with Gasteiger partial charge in [0.25, 0.3) is 0 Å². The Bertz CT molecular complexity index is 397. The van der Waals surface area contributed by atoms with E-state index in [4.69, 9.17) is 4.74 Å². The molecular formula is C15H18O3. The summed E-state index contributed by atoms with van der Waals surface area (Å²) in [6.45, 7) is 7.37. The molecule has 3 heteroatoms. The molecule has 0 aliphatic heterocycles. The van der Waals surface area contributed by atoms with Crippen LogP contribution in [0, 0.1) is 5.92 Å². The van der Waals surface area contributed by atoms with Crippen LogP contribution >= 0.6 is 0 Å². The van der Waals surface area contributed by atoms with Crippen LogP contribution in [0.15, 0.2) is 55.6 Å². The van der Waals surface area contributed by atoms with E-state index in [1.807, 2.05) is 6.07 Å². The summed E-state index contributed by atoms with van der Waals surface area (Å²) in [7, 11) is 0. The third kappa shape index (κ3) is 4.55. The van der Waals surface area contributed by atoms with Crippen LogP contribution in [0.3, 0.4) is 0 Å². The zero-order chi connectivity index (χ0) is 13.4. The second-order valence-corrected chi connectivity index (χ2v) is 4.00. The van der Waals surface area contributed by atoms with Crippen molar-refractivity contribution in [3.05, 3.63) is 61.2 Å². The van der Waals surface area contributed by atoms with E-state index in [0.29, 0.717) is 12.0 Å². The number of carbonyl (C=O) groups is 1. The average Bonchev–Trinajstić information content (AvgIpc) is 2.43. The van der Waals surface area contributed by atoms with Gasteiger partial charge in [-0.2, -0.15) is 0 Å². The summed E-state index contributed by atoms with van der Waals surface area (Å²) in [4.78, 5) is 11.7. The van der Waals surface area contributed by atoms with Gasteiger partial charge in [-0.25, -0.2) is 4.79 Å². The predicted molar refractivity (Wildman–Crippen MR) is 71.2 cm³/mol. The lowest BCUT2D eigenvalue weighted by Crippen LogP contribution is -2.17. The van der Waals surface area contributed by atoms with Crippen LogP contribution in [-0.4, -0.2) is 23.8 Å². The molecular weight excluding hydrogens is 228 g/mol. The van der Waals surface area contributed by atoms with Gasteiger partial charge in [-0.15, -0.1) is 13.2 Å². The lowest BCUT2D eigenvalue weighted by Gasteiger charge is -2.14. The minimum Gasteiger partial charge on any atom is -0.461 e. The Labute approximate surface area is 107 Å². The molecule has 1 aromatic rings. The van der Waals surface area contributed by atoms with Gasteiger partial charge in [0.15, 0.2) is 0 Å². The number of benzene rings is 1. The van der Waals surface area contributed by atoms with Gasteiger partial charge in [-0.1, -0.05) is 30.4 Å². The van der Waals surface area contributed by atoms with Gasteiger partial charge in [0.05, 0.1) is 18.3 Å². The van der Waals surface area contributed by atoms with E-state index in [-0.39, 0.29) is 18.5 Å². The Morgan fingerprint density at radius 1 is 1.28 bits per heavy atom. The molecule has 2 atom stereocenters. The molecule has 0 aliphatic carbocycles. The molecule has 0 aliphatic rings. The van der Waals surface area contributed by atoms with Gasteiger partial charge in [0.1, 0.15) is 0 Å². The quantitative estimate of drug-likeness (QED) is 0.594. The van der Waals surface area contributed by atoms with Crippen LogP contribution < -0.4 is 0 Å². The summed E-state index contributed by atoms with van der Waals surface area (Å²) in [5.41, 5.74) is 0.518. The average molecular weight is 246 g/mol. The second-order valence-electron chi connectivity index (χ2n) is 4.00.